The molecule has 1 heterocycles. The zero-order valence-electron chi connectivity index (χ0n) is 21.0. The Hall–Kier alpha value is -3.59. The summed E-state index contributed by atoms with van der Waals surface area (Å²) in [5.41, 5.74) is 7.68. The van der Waals surface area contributed by atoms with Crippen LogP contribution in [-0.2, 0) is 0 Å². The number of nitrogens with zero attached hydrogens (tertiary/aromatic N) is 1. The van der Waals surface area contributed by atoms with Crippen LogP contribution >= 0.6 is 0 Å². The fourth-order valence-electron chi connectivity index (χ4n) is 3.89. The highest BCUT2D eigenvalue weighted by Crippen LogP contribution is 2.39. The molecule has 1 aromatic heterocycles. The monoisotopic (exact) mass is 453 g/mol. The van der Waals surface area contributed by atoms with Crippen molar-refractivity contribution in [1.29, 1.82) is 0 Å². The number of pyridine rings is 1. The van der Waals surface area contributed by atoms with Gasteiger partial charge in [0.05, 0.1) is 19.4 Å². The third-order valence-corrected chi connectivity index (χ3v) is 5.69. The topological polar surface area (TPSA) is 31.4 Å². The zero-order chi connectivity index (χ0) is 24.7. The van der Waals surface area contributed by atoms with Gasteiger partial charge in [-0.25, -0.2) is 4.98 Å². The van der Waals surface area contributed by atoms with Gasteiger partial charge in [-0.05, 0) is 61.1 Å². The van der Waals surface area contributed by atoms with Crippen LogP contribution in [0.25, 0.3) is 40.1 Å². The van der Waals surface area contributed by atoms with Crippen molar-refractivity contribution in [1.82, 2.24) is 4.98 Å². The van der Waals surface area contributed by atoms with E-state index >= 15 is 0 Å². The highest BCUT2D eigenvalue weighted by Gasteiger charge is 2.19. The molecule has 3 nitrogen and oxygen atoms in total. The summed E-state index contributed by atoms with van der Waals surface area (Å²) in [6.07, 6.45) is 6.84. The van der Waals surface area contributed by atoms with Gasteiger partial charge in [-0.3, -0.25) is 0 Å². The first kappa shape index (κ1) is 25.0. The predicted octanol–water partition coefficient (Wildman–Crippen LogP) is 8.56. The van der Waals surface area contributed by atoms with E-state index in [2.05, 4.69) is 63.4 Å². The molecule has 3 aromatic rings. The molecule has 0 fully saturated rings. The van der Waals surface area contributed by atoms with E-state index in [1.165, 1.54) is 0 Å². The summed E-state index contributed by atoms with van der Waals surface area (Å²) in [5.74, 6) is 2.26. The summed E-state index contributed by atoms with van der Waals surface area (Å²) >= 11 is 0. The number of ether oxygens (including phenoxy) is 2. The summed E-state index contributed by atoms with van der Waals surface area (Å²) in [7, 11) is 1.67. The number of allylic oxidation sites excluding steroid dienone is 2. The molecule has 0 atom stereocenters. The van der Waals surface area contributed by atoms with Crippen LogP contribution in [0.2, 0.25) is 0 Å². The van der Waals surface area contributed by atoms with Crippen LogP contribution in [0, 0.1) is 5.92 Å². The normalized spacial score (nSPS) is 11.1. The molecule has 0 bridgehead atoms. The van der Waals surface area contributed by atoms with Crippen LogP contribution in [0.3, 0.4) is 0 Å². The Balaban J connectivity index is 1.95. The summed E-state index contributed by atoms with van der Waals surface area (Å²) in [5, 5.41) is 0. The second-order valence-corrected chi connectivity index (χ2v) is 8.78. The Kier molecular flexibility index (Phi) is 8.48. The second-order valence-electron chi connectivity index (χ2n) is 8.78. The molecule has 0 aliphatic heterocycles. The van der Waals surface area contributed by atoms with Crippen LogP contribution in [0.5, 0.6) is 11.5 Å². The Morgan fingerprint density at radius 1 is 1.00 bits per heavy atom. The molecular weight excluding hydrogens is 418 g/mol. The van der Waals surface area contributed by atoms with Gasteiger partial charge in [0.15, 0.2) is 5.75 Å². The van der Waals surface area contributed by atoms with E-state index in [0.717, 1.165) is 63.6 Å². The molecule has 0 radical (unpaired) electrons. The van der Waals surface area contributed by atoms with E-state index < -0.39 is 0 Å². The molecule has 0 unspecified atom stereocenters. The maximum Gasteiger partial charge on any atom is 0.153 e. The minimum absolute atomic E-state index is 0.638. The van der Waals surface area contributed by atoms with Crippen LogP contribution in [0.15, 0.2) is 67.8 Å². The number of rotatable bonds is 10. The van der Waals surface area contributed by atoms with Crippen molar-refractivity contribution in [3.05, 3.63) is 84.6 Å². The molecule has 3 rings (SSSR count). The van der Waals surface area contributed by atoms with Gasteiger partial charge in [0.25, 0.3) is 0 Å². The minimum atomic E-state index is 0.638. The van der Waals surface area contributed by atoms with Crippen molar-refractivity contribution < 1.29 is 9.47 Å². The molecule has 0 spiro atoms. The quantitative estimate of drug-likeness (QED) is 0.308. The van der Waals surface area contributed by atoms with Gasteiger partial charge in [0, 0.05) is 16.7 Å². The van der Waals surface area contributed by atoms with E-state index in [9.17, 15) is 0 Å². The molecule has 0 saturated carbocycles. The van der Waals surface area contributed by atoms with Crippen LogP contribution in [-0.4, -0.2) is 18.7 Å². The Morgan fingerprint density at radius 2 is 1.59 bits per heavy atom. The lowest BCUT2D eigenvalue weighted by atomic mass is 9.95. The lowest BCUT2D eigenvalue weighted by Crippen LogP contribution is -2.02. The molecule has 176 valence electrons. The van der Waals surface area contributed by atoms with Gasteiger partial charge < -0.3 is 9.47 Å². The molecule has 0 aliphatic carbocycles. The molecule has 3 heteroatoms. The highest BCUT2D eigenvalue weighted by molar-refractivity contribution is 5.86. The van der Waals surface area contributed by atoms with Crippen molar-refractivity contribution in [2.75, 3.05) is 13.7 Å². The van der Waals surface area contributed by atoms with Crippen molar-refractivity contribution >= 4 is 17.7 Å². The average molecular weight is 454 g/mol. The molecule has 0 saturated heterocycles. The first-order chi connectivity index (χ1) is 16.4. The minimum Gasteiger partial charge on any atom is -0.494 e. The molecule has 0 amide bonds. The number of methoxy groups -OCH3 is 1. The smallest absolute Gasteiger partial charge is 0.153 e. The fourth-order valence-corrected chi connectivity index (χ4v) is 3.89. The van der Waals surface area contributed by atoms with Crippen LogP contribution < -0.4 is 9.47 Å². The van der Waals surface area contributed by atoms with E-state index in [4.69, 9.17) is 14.5 Å². The van der Waals surface area contributed by atoms with Gasteiger partial charge in [-0.15, -0.1) is 0 Å². The molecule has 34 heavy (non-hydrogen) atoms. The predicted molar refractivity (Wildman–Crippen MR) is 146 cm³/mol. The summed E-state index contributed by atoms with van der Waals surface area (Å²) in [6.45, 7) is 17.3. The third kappa shape index (κ3) is 5.66. The first-order valence-corrected chi connectivity index (χ1v) is 11.8. The fraction of sp³-hybridized carbons (Fsp3) is 0.258. The summed E-state index contributed by atoms with van der Waals surface area (Å²) in [6, 6.07) is 16.7. The third-order valence-electron chi connectivity index (χ3n) is 5.69. The number of hydrogen-bond acceptors (Lipinski definition) is 3. The Bertz CT molecular complexity index is 1170. The van der Waals surface area contributed by atoms with Crippen LogP contribution in [0.1, 0.15) is 50.9 Å². The SMILES string of the molecule is C=Cc1c(/C=C\C)nc(-c2ccc(-c3ccc(OCCC(C)C)cc3)cc2)c(OC)c1C(=C)C. The highest BCUT2D eigenvalue weighted by atomic mass is 16.5. The lowest BCUT2D eigenvalue weighted by Gasteiger charge is -2.18. The first-order valence-electron chi connectivity index (χ1n) is 11.8. The standard InChI is InChI=1S/C31H35NO2/c1-8-10-28-27(9-2)29(22(5)6)31(33-7)30(32-28)25-13-11-23(12-14-25)24-15-17-26(18-16-24)34-20-19-21(3)4/h8-18,21H,2,5,19-20H2,1,3-4,6-7H3/b10-8-. The molecule has 2 aromatic carbocycles. The Morgan fingerprint density at radius 3 is 2.09 bits per heavy atom. The number of benzene rings is 2. The van der Waals surface area contributed by atoms with E-state index in [1.54, 1.807) is 7.11 Å². The molecular formula is C31H35NO2. The second kappa shape index (κ2) is 11.5. The van der Waals surface area contributed by atoms with Gasteiger partial charge in [0.2, 0.25) is 0 Å². The Labute approximate surface area is 204 Å². The average Bonchev–Trinajstić information content (AvgIpc) is 2.83. The molecule has 0 N–H and O–H groups in total. The van der Waals surface area contributed by atoms with Gasteiger partial charge in [0.1, 0.15) is 11.4 Å². The molecule has 0 aliphatic rings. The maximum absolute atomic E-state index is 5.85. The lowest BCUT2D eigenvalue weighted by molar-refractivity contribution is 0.289. The van der Waals surface area contributed by atoms with Crippen molar-refractivity contribution in [3.63, 3.8) is 0 Å². The van der Waals surface area contributed by atoms with Gasteiger partial charge in [-0.2, -0.15) is 0 Å². The van der Waals surface area contributed by atoms with Crippen molar-refractivity contribution in [3.8, 4) is 33.9 Å². The van der Waals surface area contributed by atoms with E-state index in [0.29, 0.717) is 11.7 Å². The van der Waals surface area contributed by atoms with Gasteiger partial charge >= 0.3 is 0 Å². The summed E-state index contributed by atoms with van der Waals surface area (Å²) in [4.78, 5) is 4.93. The van der Waals surface area contributed by atoms with E-state index in [1.807, 2.05) is 44.2 Å². The van der Waals surface area contributed by atoms with E-state index in [-0.39, 0.29) is 0 Å². The number of aromatic nitrogens is 1. The summed E-state index contributed by atoms with van der Waals surface area (Å²) < 4.78 is 11.7. The maximum atomic E-state index is 5.85. The van der Waals surface area contributed by atoms with Crippen molar-refractivity contribution in [2.45, 2.75) is 34.1 Å². The van der Waals surface area contributed by atoms with Crippen molar-refractivity contribution in [2.24, 2.45) is 5.92 Å². The van der Waals surface area contributed by atoms with Crippen LogP contribution in [0.4, 0.5) is 0 Å². The largest absolute Gasteiger partial charge is 0.494 e. The zero-order valence-corrected chi connectivity index (χ0v) is 21.0. The van der Waals surface area contributed by atoms with Gasteiger partial charge in [-0.1, -0.05) is 75.6 Å². The number of hydrogen-bond donors (Lipinski definition) is 0.